The Morgan fingerprint density at radius 2 is 1.71 bits per heavy atom. The van der Waals surface area contributed by atoms with Gasteiger partial charge in [0.1, 0.15) is 6.04 Å². The van der Waals surface area contributed by atoms with Crippen LogP contribution in [0.2, 0.25) is 0 Å². The van der Waals surface area contributed by atoms with Crippen molar-refractivity contribution in [3.63, 3.8) is 0 Å². The van der Waals surface area contributed by atoms with Gasteiger partial charge < -0.3 is 15.1 Å². The van der Waals surface area contributed by atoms with Gasteiger partial charge in [-0.25, -0.2) is 18.4 Å². The van der Waals surface area contributed by atoms with Crippen LogP contribution in [-0.2, 0) is 38.7 Å². The maximum atomic E-state index is 13.4. The second kappa shape index (κ2) is 10.9. The largest absolute Gasteiger partial charge is 0.416 e. The molecule has 0 saturated heterocycles. The fraction of sp³-hybridized carbons (Fsp3) is 0.333. The van der Waals surface area contributed by atoms with Gasteiger partial charge in [0.15, 0.2) is 9.84 Å². The summed E-state index contributed by atoms with van der Waals surface area (Å²) >= 11 is 0. The summed E-state index contributed by atoms with van der Waals surface area (Å²) in [6, 6.07) is 7.25. The smallest absolute Gasteiger partial charge is 0.334 e. The fourth-order valence-electron chi connectivity index (χ4n) is 4.76. The van der Waals surface area contributed by atoms with Crippen molar-refractivity contribution in [3.8, 4) is 0 Å². The molecule has 5 rings (SSSR count). The Hall–Kier alpha value is -4.14. The number of amides is 2. The highest BCUT2D eigenvalue weighted by atomic mass is 32.2. The molecule has 9 nitrogen and oxygen atoms in total. The topological polar surface area (TPSA) is 113 Å². The lowest BCUT2D eigenvalue weighted by molar-refractivity contribution is -0.148. The van der Waals surface area contributed by atoms with Crippen LogP contribution in [0.5, 0.6) is 0 Å². The Balaban J connectivity index is 1.34. The number of nitrogens with zero attached hydrogens (tertiary/aromatic N) is 4. The molecule has 0 unspecified atom stereocenters. The molecule has 2 amide bonds. The molecule has 1 saturated carbocycles. The minimum atomic E-state index is -4.44. The van der Waals surface area contributed by atoms with Crippen molar-refractivity contribution in [1.29, 1.82) is 0 Å². The van der Waals surface area contributed by atoms with Crippen molar-refractivity contribution < 1.29 is 40.0 Å². The van der Waals surface area contributed by atoms with Crippen molar-refractivity contribution in [3.05, 3.63) is 77.1 Å². The monoisotopic (exact) mass is 609 g/mol. The highest BCUT2D eigenvalue weighted by molar-refractivity contribution is 7.90. The minimum Gasteiger partial charge on any atom is -0.334 e. The van der Waals surface area contributed by atoms with Gasteiger partial charge in [0, 0.05) is 25.4 Å². The number of carbonyl (C=O) groups is 2. The van der Waals surface area contributed by atoms with E-state index in [4.69, 9.17) is 0 Å². The third-order valence-corrected chi connectivity index (χ3v) is 8.10. The summed E-state index contributed by atoms with van der Waals surface area (Å²) < 4.78 is 89.3. The molecular weight excluding hydrogens is 585 g/mol. The molecule has 222 valence electrons. The average Bonchev–Trinajstić information content (AvgIpc) is 3.69. The maximum Gasteiger partial charge on any atom is 0.416 e. The van der Waals surface area contributed by atoms with Crippen LogP contribution < -0.4 is 10.2 Å². The zero-order chi connectivity index (χ0) is 30.4. The Morgan fingerprint density at radius 3 is 2.26 bits per heavy atom. The molecule has 2 heterocycles. The number of hydrogen-bond acceptors (Lipinski definition) is 7. The van der Waals surface area contributed by atoms with Crippen molar-refractivity contribution in [2.75, 3.05) is 16.5 Å². The van der Waals surface area contributed by atoms with E-state index >= 15 is 0 Å². The lowest BCUT2D eigenvalue weighted by Gasteiger charge is -2.24. The number of sulfone groups is 1. The summed E-state index contributed by atoms with van der Waals surface area (Å²) in [6.07, 6.45) is -2.56. The lowest BCUT2D eigenvalue weighted by Crippen LogP contribution is -2.39. The highest BCUT2D eigenvalue weighted by Crippen LogP contribution is 2.37. The molecular formula is C27H24F5N5O4S. The summed E-state index contributed by atoms with van der Waals surface area (Å²) in [5.74, 6) is -2.12. The van der Waals surface area contributed by atoms with E-state index in [-0.39, 0.29) is 46.8 Å². The van der Waals surface area contributed by atoms with Gasteiger partial charge in [-0.2, -0.15) is 22.0 Å². The van der Waals surface area contributed by atoms with E-state index in [2.05, 4.69) is 15.3 Å². The molecule has 1 N–H and O–H groups in total. The van der Waals surface area contributed by atoms with E-state index in [0.717, 1.165) is 31.2 Å². The van der Waals surface area contributed by atoms with Gasteiger partial charge in [-0.05, 0) is 53.8 Å². The van der Waals surface area contributed by atoms with E-state index in [1.54, 1.807) is 0 Å². The van der Waals surface area contributed by atoms with Crippen LogP contribution in [0.15, 0.2) is 59.8 Å². The Bertz CT molecular complexity index is 1610. The molecule has 2 aromatic carbocycles. The number of nitrogens with one attached hydrogen (secondary N) is 1. The number of halogens is 5. The molecule has 1 aliphatic heterocycles. The number of rotatable bonds is 8. The predicted octanol–water partition coefficient (Wildman–Crippen LogP) is 4.36. The van der Waals surface area contributed by atoms with Crippen LogP contribution in [0, 0.1) is 0 Å². The zero-order valence-electron chi connectivity index (χ0n) is 22.0. The normalized spacial score (nSPS) is 16.8. The van der Waals surface area contributed by atoms with Crippen molar-refractivity contribution in [2.45, 2.75) is 55.5 Å². The fourth-order valence-corrected chi connectivity index (χ4v) is 5.43. The first-order valence-corrected chi connectivity index (χ1v) is 14.6. The highest BCUT2D eigenvalue weighted by Gasteiger charge is 2.41. The lowest BCUT2D eigenvalue weighted by atomic mass is 10.0. The number of alkyl halides is 5. The van der Waals surface area contributed by atoms with Crippen LogP contribution in [0.4, 0.5) is 33.6 Å². The molecule has 15 heteroatoms. The maximum absolute atomic E-state index is 13.4. The Labute approximate surface area is 237 Å². The zero-order valence-corrected chi connectivity index (χ0v) is 22.8. The third kappa shape index (κ3) is 6.20. The number of hydrogen-bond donors (Lipinski definition) is 1. The standard InChI is InChI=1S/C27H24F5N5O4S/c1-42(40,41)20-8-9-21-16(10-20)14-37(25(39)23(28)29)22(21)24(38)35-18-11-33-26(34-12-18)36(19-6-7-19)13-15-2-4-17(5-3-15)27(30,31)32/h2-5,8-12,19,22-23H,6-7,13-14H2,1H3,(H,35,38)/t22-/m1/s1. The van der Waals surface area contributed by atoms with E-state index in [9.17, 15) is 40.0 Å². The molecule has 1 aromatic heterocycles. The molecule has 1 fully saturated rings. The van der Waals surface area contributed by atoms with Crippen molar-refractivity contribution in [2.24, 2.45) is 0 Å². The van der Waals surface area contributed by atoms with Crippen LogP contribution in [0.3, 0.4) is 0 Å². The quantitative estimate of drug-likeness (QED) is 0.378. The molecule has 0 radical (unpaired) electrons. The third-order valence-electron chi connectivity index (χ3n) is 6.99. The average molecular weight is 610 g/mol. The van der Waals surface area contributed by atoms with Crippen LogP contribution in [0.25, 0.3) is 0 Å². The molecule has 1 aliphatic carbocycles. The van der Waals surface area contributed by atoms with Crippen LogP contribution in [-0.4, -0.2) is 53.8 Å². The summed E-state index contributed by atoms with van der Waals surface area (Å²) in [4.78, 5) is 36.5. The van der Waals surface area contributed by atoms with Gasteiger partial charge >= 0.3 is 12.6 Å². The number of anilines is 2. The number of benzene rings is 2. The molecule has 3 aromatic rings. The van der Waals surface area contributed by atoms with Gasteiger partial charge in [0.25, 0.3) is 11.8 Å². The van der Waals surface area contributed by atoms with E-state index in [0.29, 0.717) is 10.5 Å². The van der Waals surface area contributed by atoms with Gasteiger partial charge in [0.05, 0.1) is 28.5 Å². The molecule has 0 spiro atoms. The number of aromatic nitrogens is 2. The van der Waals surface area contributed by atoms with Crippen molar-refractivity contribution in [1.82, 2.24) is 14.9 Å². The second-order valence-corrected chi connectivity index (χ2v) is 12.1. The Kier molecular flexibility index (Phi) is 7.64. The van der Waals surface area contributed by atoms with Gasteiger partial charge in [-0.15, -0.1) is 0 Å². The SMILES string of the molecule is CS(=O)(=O)c1ccc2c(c1)CN(C(=O)C(F)F)[C@H]2C(=O)Nc1cnc(N(Cc2ccc(C(F)(F)F)cc2)C2CC2)nc1. The summed E-state index contributed by atoms with van der Waals surface area (Å²) in [6.45, 7) is -0.122. The van der Waals surface area contributed by atoms with Gasteiger partial charge in [-0.3, -0.25) is 9.59 Å². The summed E-state index contributed by atoms with van der Waals surface area (Å²) in [5.41, 5.74) is 0.443. The number of carbonyl (C=O) groups excluding carboxylic acids is 2. The first kappa shape index (κ1) is 29.4. The van der Waals surface area contributed by atoms with Crippen LogP contribution >= 0.6 is 0 Å². The molecule has 2 aliphatic rings. The molecule has 1 atom stereocenters. The van der Waals surface area contributed by atoms with Gasteiger partial charge in [-0.1, -0.05) is 18.2 Å². The summed E-state index contributed by atoms with van der Waals surface area (Å²) in [7, 11) is -3.62. The van der Waals surface area contributed by atoms with E-state index in [1.165, 1.54) is 42.7 Å². The summed E-state index contributed by atoms with van der Waals surface area (Å²) in [5, 5.41) is 2.53. The molecule has 42 heavy (non-hydrogen) atoms. The van der Waals surface area contributed by atoms with Crippen molar-refractivity contribution >= 4 is 33.3 Å². The molecule has 0 bridgehead atoms. The van der Waals surface area contributed by atoms with E-state index in [1.807, 2.05) is 4.90 Å². The minimum absolute atomic E-state index is 0.0766. The van der Waals surface area contributed by atoms with Crippen LogP contribution in [0.1, 0.15) is 41.1 Å². The predicted molar refractivity (Wildman–Crippen MR) is 140 cm³/mol. The second-order valence-electron chi connectivity index (χ2n) is 10.1. The number of fused-ring (bicyclic) bond motifs is 1. The van der Waals surface area contributed by atoms with Gasteiger partial charge in [0.2, 0.25) is 5.95 Å². The van der Waals surface area contributed by atoms with E-state index < -0.39 is 45.9 Å². The Morgan fingerprint density at radius 1 is 1.07 bits per heavy atom. The first-order valence-electron chi connectivity index (χ1n) is 12.7. The first-order chi connectivity index (χ1) is 19.7.